The zero-order valence-electron chi connectivity index (χ0n) is 17.9. The molecule has 1 fully saturated rings. The first-order valence-electron chi connectivity index (χ1n) is 10.6. The monoisotopic (exact) mass is 443 g/mol. The highest BCUT2D eigenvalue weighted by Crippen LogP contribution is 2.22. The number of likely N-dealkylation sites (tertiary alicyclic amines) is 1. The quantitative estimate of drug-likeness (QED) is 0.688. The Kier molecular flexibility index (Phi) is 7.33. The van der Waals surface area contributed by atoms with Gasteiger partial charge in [0.15, 0.2) is 0 Å². The number of hydrogen-bond donors (Lipinski definition) is 2. The van der Waals surface area contributed by atoms with E-state index in [0.717, 1.165) is 31.2 Å². The largest absolute Gasteiger partial charge is 0.359 e. The van der Waals surface area contributed by atoms with Gasteiger partial charge in [0.1, 0.15) is 0 Å². The van der Waals surface area contributed by atoms with Crippen molar-refractivity contribution in [3.05, 3.63) is 59.7 Å². The lowest BCUT2D eigenvalue weighted by atomic mass is 9.96. The molecule has 166 valence electrons. The fraction of sp³-hybridized carbons (Fsp3) is 0.391. The zero-order chi connectivity index (χ0) is 22.4. The Hall–Kier alpha value is -2.87. The van der Waals surface area contributed by atoms with Gasteiger partial charge in [0.2, 0.25) is 5.91 Å². The maximum Gasteiger partial charge on any atom is 0.261 e. The van der Waals surface area contributed by atoms with E-state index in [-0.39, 0.29) is 22.6 Å². The highest BCUT2D eigenvalue weighted by molar-refractivity contribution is 7.92. The molecule has 31 heavy (non-hydrogen) atoms. The second kappa shape index (κ2) is 9.96. The SMILES string of the molecule is CCCc1ccc(S(=O)(=O)Nc2cccc(C(=O)N3CCCC(C(=O)NC)C3)c2)cc1. The summed E-state index contributed by atoms with van der Waals surface area (Å²) >= 11 is 0. The summed E-state index contributed by atoms with van der Waals surface area (Å²) in [5.41, 5.74) is 1.80. The van der Waals surface area contributed by atoms with Gasteiger partial charge in [-0.3, -0.25) is 14.3 Å². The Labute approximate surface area is 183 Å². The van der Waals surface area contributed by atoms with Gasteiger partial charge in [-0.15, -0.1) is 0 Å². The first-order valence-corrected chi connectivity index (χ1v) is 12.0. The van der Waals surface area contributed by atoms with E-state index in [0.29, 0.717) is 24.3 Å². The first kappa shape index (κ1) is 22.8. The number of sulfonamides is 1. The third-order valence-electron chi connectivity index (χ3n) is 5.46. The van der Waals surface area contributed by atoms with Crippen LogP contribution in [0.3, 0.4) is 0 Å². The van der Waals surface area contributed by atoms with Gasteiger partial charge < -0.3 is 10.2 Å². The molecule has 8 heteroatoms. The molecule has 1 heterocycles. The van der Waals surface area contributed by atoms with Crippen LogP contribution in [-0.4, -0.2) is 45.3 Å². The minimum atomic E-state index is -3.76. The van der Waals surface area contributed by atoms with Crippen LogP contribution in [0.15, 0.2) is 53.4 Å². The molecule has 1 aliphatic heterocycles. The van der Waals surface area contributed by atoms with Crippen molar-refractivity contribution in [1.82, 2.24) is 10.2 Å². The van der Waals surface area contributed by atoms with Crippen molar-refractivity contribution in [3.63, 3.8) is 0 Å². The smallest absolute Gasteiger partial charge is 0.261 e. The van der Waals surface area contributed by atoms with Gasteiger partial charge in [0.25, 0.3) is 15.9 Å². The summed E-state index contributed by atoms with van der Waals surface area (Å²) in [5, 5.41) is 2.64. The van der Waals surface area contributed by atoms with Crippen molar-refractivity contribution in [1.29, 1.82) is 0 Å². The molecule has 0 aliphatic carbocycles. The number of amides is 2. The topological polar surface area (TPSA) is 95.6 Å². The van der Waals surface area contributed by atoms with Gasteiger partial charge >= 0.3 is 0 Å². The molecule has 0 bridgehead atoms. The molecule has 7 nitrogen and oxygen atoms in total. The van der Waals surface area contributed by atoms with Gasteiger partial charge in [-0.2, -0.15) is 0 Å². The second-order valence-corrected chi connectivity index (χ2v) is 9.47. The van der Waals surface area contributed by atoms with E-state index in [4.69, 9.17) is 0 Å². The lowest BCUT2D eigenvalue weighted by molar-refractivity contribution is -0.125. The van der Waals surface area contributed by atoms with Gasteiger partial charge in [0.05, 0.1) is 10.8 Å². The summed E-state index contributed by atoms with van der Waals surface area (Å²) in [6.45, 7) is 3.01. The predicted octanol–water partition coefficient (Wildman–Crippen LogP) is 3.04. The Morgan fingerprint density at radius 3 is 2.55 bits per heavy atom. The van der Waals surface area contributed by atoms with Crippen molar-refractivity contribution >= 4 is 27.5 Å². The molecule has 2 amide bonds. The van der Waals surface area contributed by atoms with Crippen molar-refractivity contribution in [3.8, 4) is 0 Å². The van der Waals surface area contributed by atoms with Crippen molar-refractivity contribution in [2.45, 2.75) is 37.5 Å². The van der Waals surface area contributed by atoms with Crippen LogP contribution in [0.2, 0.25) is 0 Å². The van der Waals surface area contributed by atoms with E-state index in [2.05, 4.69) is 17.0 Å². The molecule has 0 saturated carbocycles. The first-order chi connectivity index (χ1) is 14.8. The molecule has 0 aromatic heterocycles. The lowest BCUT2D eigenvalue weighted by Crippen LogP contribution is -2.44. The number of carbonyl (C=O) groups excluding carboxylic acids is 2. The number of aryl methyl sites for hydroxylation is 1. The Balaban J connectivity index is 1.73. The number of anilines is 1. The van der Waals surface area contributed by atoms with Crippen molar-refractivity contribution in [2.24, 2.45) is 5.92 Å². The standard InChI is InChI=1S/C23H29N3O4S/c1-3-6-17-10-12-21(13-11-17)31(29,30)25-20-9-4-7-18(15-20)23(28)26-14-5-8-19(16-26)22(27)24-2/h4,7,9-13,15,19,25H,3,5-6,8,14,16H2,1-2H3,(H,24,27). The fourth-order valence-electron chi connectivity index (χ4n) is 3.82. The Morgan fingerprint density at radius 1 is 1.13 bits per heavy atom. The summed E-state index contributed by atoms with van der Waals surface area (Å²) < 4.78 is 28.1. The molecule has 3 rings (SSSR count). The molecule has 1 aliphatic rings. The van der Waals surface area contributed by atoms with Crippen LogP contribution >= 0.6 is 0 Å². The lowest BCUT2D eigenvalue weighted by Gasteiger charge is -2.32. The Morgan fingerprint density at radius 2 is 1.87 bits per heavy atom. The highest BCUT2D eigenvalue weighted by Gasteiger charge is 2.28. The van der Waals surface area contributed by atoms with Gasteiger partial charge in [-0.25, -0.2) is 8.42 Å². The molecule has 2 aromatic carbocycles. The summed E-state index contributed by atoms with van der Waals surface area (Å²) in [6.07, 6.45) is 3.39. The van der Waals surface area contributed by atoms with Crippen molar-refractivity contribution in [2.75, 3.05) is 24.9 Å². The van der Waals surface area contributed by atoms with E-state index < -0.39 is 10.0 Å². The summed E-state index contributed by atoms with van der Waals surface area (Å²) in [6, 6.07) is 13.3. The number of hydrogen-bond acceptors (Lipinski definition) is 4. The van der Waals surface area contributed by atoms with Gasteiger partial charge in [-0.1, -0.05) is 31.5 Å². The number of nitrogens with one attached hydrogen (secondary N) is 2. The minimum absolute atomic E-state index is 0.0658. The highest BCUT2D eigenvalue weighted by atomic mass is 32.2. The molecule has 2 aromatic rings. The third kappa shape index (κ3) is 5.64. The minimum Gasteiger partial charge on any atom is -0.359 e. The van der Waals surface area contributed by atoms with E-state index in [1.165, 1.54) is 6.07 Å². The maximum atomic E-state index is 13.0. The molecule has 1 atom stereocenters. The molecular weight excluding hydrogens is 414 g/mol. The van der Waals surface area contributed by atoms with Crippen LogP contribution in [0.4, 0.5) is 5.69 Å². The predicted molar refractivity (Wildman–Crippen MR) is 120 cm³/mol. The summed E-state index contributed by atoms with van der Waals surface area (Å²) in [4.78, 5) is 26.7. The molecule has 1 saturated heterocycles. The molecule has 0 radical (unpaired) electrons. The van der Waals surface area contributed by atoms with E-state index in [9.17, 15) is 18.0 Å². The van der Waals surface area contributed by atoms with Crippen LogP contribution in [0.5, 0.6) is 0 Å². The molecule has 1 unspecified atom stereocenters. The number of nitrogens with zero attached hydrogens (tertiary/aromatic N) is 1. The molecule has 2 N–H and O–H groups in total. The maximum absolute atomic E-state index is 13.0. The Bertz CT molecular complexity index is 1040. The zero-order valence-corrected chi connectivity index (χ0v) is 18.7. The van der Waals surface area contributed by atoms with Crippen LogP contribution in [0.25, 0.3) is 0 Å². The summed E-state index contributed by atoms with van der Waals surface area (Å²) in [7, 11) is -2.17. The fourth-order valence-corrected chi connectivity index (χ4v) is 4.87. The number of piperidine rings is 1. The number of benzene rings is 2. The number of carbonyl (C=O) groups is 2. The van der Waals surface area contributed by atoms with Crippen LogP contribution in [-0.2, 0) is 21.2 Å². The number of rotatable bonds is 7. The van der Waals surface area contributed by atoms with Crippen LogP contribution < -0.4 is 10.0 Å². The van der Waals surface area contributed by atoms with Crippen molar-refractivity contribution < 1.29 is 18.0 Å². The van der Waals surface area contributed by atoms with E-state index >= 15 is 0 Å². The van der Waals surface area contributed by atoms with E-state index in [1.807, 2.05) is 12.1 Å². The van der Waals surface area contributed by atoms with E-state index in [1.54, 1.807) is 42.3 Å². The van der Waals surface area contributed by atoms with Gasteiger partial charge in [0, 0.05) is 31.4 Å². The van der Waals surface area contributed by atoms with Gasteiger partial charge in [-0.05, 0) is 55.2 Å². The molecular formula is C23H29N3O4S. The normalized spacial score (nSPS) is 16.6. The summed E-state index contributed by atoms with van der Waals surface area (Å²) in [5.74, 6) is -0.498. The average Bonchev–Trinajstić information content (AvgIpc) is 2.78. The van der Waals surface area contributed by atoms with Crippen LogP contribution in [0.1, 0.15) is 42.1 Å². The van der Waals surface area contributed by atoms with Crippen LogP contribution in [0, 0.1) is 5.92 Å². The molecule has 0 spiro atoms. The second-order valence-electron chi connectivity index (χ2n) is 7.78. The third-order valence-corrected chi connectivity index (χ3v) is 6.86. The average molecular weight is 444 g/mol.